The predicted octanol–water partition coefficient (Wildman–Crippen LogP) is 2.49. The predicted molar refractivity (Wildman–Crippen MR) is 82.9 cm³/mol. The van der Waals surface area contributed by atoms with Crippen LogP contribution >= 0.6 is 24.2 Å². The van der Waals surface area contributed by atoms with E-state index in [1.54, 1.807) is 18.2 Å². The van der Waals surface area contributed by atoms with Crippen molar-refractivity contribution in [1.29, 1.82) is 0 Å². The Balaban J connectivity index is 0.00000180. The summed E-state index contributed by atoms with van der Waals surface area (Å²) in [6.45, 7) is 0. The number of hydrogen-bond donors (Lipinski definition) is 2. The molecule has 1 saturated carbocycles. The van der Waals surface area contributed by atoms with Crippen LogP contribution in [0.1, 0.15) is 36.2 Å². The van der Waals surface area contributed by atoms with Crippen LogP contribution in [0.5, 0.6) is 0 Å². The number of rotatable bonds is 3. The Morgan fingerprint density at radius 2 is 2.26 bits per heavy atom. The number of thioether (sulfide) groups is 1. The second-order valence-corrected chi connectivity index (χ2v) is 5.78. The molecule has 1 fully saturated rings. The zero-order valence-electron chi connectivity index (χ0n) is 11.0. The minimum Gasteiger partial charge on any atom is -0.384 e. The van der Waals surface area contributed by atoms with Crippen LogP contribution in [0.25, 0.3) is 0 Å². The average molecular weight is 302 g/mol. The number of nitrogens with zero attached hydrogens (tertiary/aromatic N) is 1. The third-order valence-corrected chi connectivity index (χ3v) is 4.39. The minimum absolute atomic E-state index is 0. The lowest BCUT2D eigenvalue weighted by molar-refractivity contribution is 0.0923. The zero-order valence-corrected chi connectivity index (χ0v) is 12.6. The summed E-state index contributed by atoms with van der Waals surface area (Å²) in [5.74, 6) is 0.266. The van der Waals surface area contributed by atoms with Gasteiger partial charge in [-0.2, -0.15) is 11.8 Å². The Morgan fingerprint density at radius 1 is 1.47 bits per heavy atom. The number of anilines is 1. The number of amides is 1. The fourth-order valence-electron chi connectivity index (χ4n) is 2.33. The van der Waals surface area contributed by atoms with Crippen molar-refractivity contribution < 1.29 is 4.79 Å². The Morgan fingerprint density at radius 3 is 2.95 bits per heavy atom. The molecule has 0 radical (unpaired) electrons. The Labute approximate surface area is 124 Å². The second kappa shape index (κ2) is 7.60. The first kappa shape index (κ1) is 16.1. The lowest BCUT2D eigenvalue weighted by Gasteiger charge is -2.28. The molecule has 4 nitrogen and oxygen atoms in total. The van der Waals surface area contributed by atoms with Crippen LogP contribution in [0, 0.1) is 0 Å². The highest BCUT2D eigenvalue weighted by Crippen LogP contribution is 2.26. The van der Waals surface area contributed by atoms with Gasteiger partial charge in [-0.25, -0.2) is 4.98 Å². The van der Waals surface area contributed by atoms with Gasteiger partial charge in [0.2, 0.25) is 0 Å². The standard InChI is InChI=1S/C13H19N3OS.ClH/c1-18-10-5-2-4-9(8-10)15-13(17)11-6-3-7-12(14)16-11;/h3,6-7,9-10H,2,4-5,8H2,1H3,(H2,14,16)(H,15,17);1H. The van der Waals surface area contributed by atoms with Crippen molar-refractivity contribution in [3.05, 3.63) is 23.9 Å². The lowest BCUT2D eigenvalue weighted by atomic mass is 9.95. The number of aromatic nitrogens is 1. The molecular weight excluding hydrogens is 282 g/mol. The third-order valence-electron chi connectivity index (χ3n) is 3.30. The lowest BCUT2D eigenvalue weighted by Crippen LogP contribution is -2.39. The van der Waals surface area contributed by atoms with Crippen molar-refractivity contribution in [1.82, 2.24) is 10.3 Å². The average Bonchev–Trinajstić information content (AvgIpc) is 2.39. The monoisotopic (exact) mass is 301 g/mol. The van der Waals surface area contributed by atoms with Gasteiger partial charge in [0.1, 0.15) is 11.5 Å². The molecule has 0 aliphatic heterocycles. The van der Waals surface area contributed by atoms with E-state index < -0.39 is 0 Å². The van der Waals surface area contributed by atoms with Gasteiger partial charge < -0.3 is 11.1 Å². The van der Waals surface area contributed by atoms with E-state index in [4.69, 9.17) is 5.73 Å². The molecular formula is C13H20ClN3OS. The Bertz CT molecular complexity index is 430. The number of carbonyl (C=O) groups excluding carboxylic acids is 1. The van der Waals surface area contributed by atoms with Gasteiger partial charge in [-0.3, -0.25) is 4.79 Å². The summed E-state index contributed by atoms with van der Waals surface area (Å²) in [5, 5.41) is 3.72. The highest BCUT2D eigenvalue weighted by molar-refractivity contribution is 7.99. The van der Waals surface area contributed by atoms with Crippen LogP contribution < -0.4 is 11.1 Å². The first-order valence-corrected chi connectivity index (χ1v) is 7.54. The molecule has 6 heteroatoms. The molecule has 1 amide bonds. The summed E-state index contributed by atoms with van der Waals surface area (Å²) in [6.07, 6.45) is 6.68. The Hall–Kier alpha value is -0.940. The molecule has 1 heterocycles. The smallest absolute Gasteiger partial charge is 0.270 e. The molecule has 2 atom stereocenters. The highest BCUT2D eigenvalue weighted by Gasteiger charge is 2.23. The van der Waals surface area contributed by atoms with Gasteiger partial charge in [0.25, 0.3) is 5.91 Å². The quantitative estimate of drug-likeness (QED) is 0.900. The summed E-state index contributed by atoms with van der Waals surface area (Å²) in [4.78, 5) is 16.1. The third kappa shape index (κ3) is 4.58. The first-order chi connectivity index (χ1) is 8.69. The molecule has 2 unspecified atom stereocenters. The summed E-state index contributed by atoms with van der Waals surface area (Å²) in [7, 11) is 0. The molecule has 106 valence electrons. The molecule has 1 aromatic rings. The molecule has 1 aromatic heterocycles. The molecule has 0 saturated heterocycles. The van der Waals surface area contributed by atoms with Crippen LogP contribution in [0.4, 0.5) is 5.82 Å². The zero-order chi connectivity index (χ0) is 13.0. The summed E-state index contributed by atoms with van der Waals surface area (Å²) in [6, 6.07) is 5.40. The van der Waals surface area contributed by atoms with Crippen molar-refractivity contribution >= 4 is 35.9 Å². The summed E-state index contributed by atoms with van der Waals surface area (Å²) >= 11 is 1.89. The summed E-state index contributed by atoms with van der Waals surface area (Å²) < 4.78 is 0. The van der Waals surface area contributed by atoms with Crippen LogP contribution in [0.3, 0.4) is 0 Å². The fraction of sp³-hybridized carbons (Fsp3) is 0.538. The van der Waals surface area contributed by atoms with E-state index in [9.17, 15) is 4.79 Å². The van der Waals surface area contributed by atoms with Gasteiger partial charge >= 0.3 is 0 Å². The van der Waals surface area contributed by atoms with Gasteiger partial charge in [0.15, 0.2) is 0 Å². The number of nitrogens with one attached hydrogen (secondary N) is 1. The van der Waals surface area contributed by atoms with Crippen molar-refractivity contribution in [3.8, 4) is 0 Å². The maximum Gasteiger partial charge on any atom is 0.270 e. The van der Waals surface area contributed by atoms with Crippen molar-refractivity contribution in [2.24, 2.45) is 0 Å². The van der Waals surface area contributed by atoms with E-state index in [1.807, 2.05) is 11.8 Å². The van der Waals surface area contributed by atoms with E-state index >= 15 is 0 Å². The van der Waals surface area contributed by atoms with E-state index in [1.165, 1.54) is 12.8 Å². The number of nitrogens with two attached hydrogens (primary N) is 1. The van der Waals surface area contributed by atoms with Crippen molar-refractivity contribution in [3.63, 3.8) is 0 Å². The van der Waals surface area contributed by atoms with Gasteiger partial charge in [0, 0.05) is 11.3 Å². The van der Waals surface area contributed by atoms with Crippen LogP contribution in [0.2, 0.25) is 0 Å². The number of hydrogen-bond acceptors (Lipinski definition) is 4. The van der Waals surface area contributed by atoms with Gasteiger partial charge in [-0.15, -0.1) is 12.4 Å². The largest absolute Gasteiger partial charge is 0.384 e. The highest BCUT2D eigenvalue weighted by atomic mass is 35.5. The topological polar surface area (TPSA) is 68.0 Å². The normalized spacial score (nSPS) is 22.4. The molecule has 1 aliphatic carbocycles. The van der Waals surface area contributed by atoms with Crippen LogP contribution in [-0.2, 0) is 0 Å². The van der Waals surface area contributed by atoms with E-state index in [2.05, 4.69) is 16.6 Å². The molecule has 0 bridgehead atoms. The molecule has 0 aromatic carbocycles. The Kier molecular flexibility index (Phi) is 6.45. The number of halogens is 1. The molecule has 0 spiro atoms. The number of nitrogen functional groups attached to an aromatic ring is 1. The molecule has 3 N–H and O–H groups in total. The number of pyridine rings is 1. The maximum atomic E-state index is 12.0. The maximum absolute atomic E-state index is 12.0. The van der Waals surface area contributed by atoms with Gasteiger partial charge in [-0.1, -0.05) is 12.5 Å². The van der Waals surface area contributed by atoms with Crippen molar-refractivity contribution in [2.45, 2.75) is 37.0 Å². The minimum atomic E-state index is -0.117. The summed E-state index contributed by atoms with van der Waals surface area (Å²) in [5.41, 5.74) is 5.98. The SMILES string of the molecule is CSC1CCCC(NC(=O)c2cccc(N)n2)C1.Cl. The second-order valence-electron chi connectivity index (χ2n) is 4.64. The molecule has 2 rings (SSSR count). The first-order valence-electron chi connectivity index (χ1n) is 6.25. The number of carbonyl (C=O) groups is 1. The van der Waals surface area contributed by atoms with Crippen LogP contribution in [-0.4, -0.2) is 28.4 Å². The van der Waals surface area contributed by atoms with E-state index in [0.717, 1.165) is 12.8 Å². The van der Waals surface area contributed by atoms with E-state index in [-0.39, 0.29) is 24.4 Å². The van der Waals surface area contributed by atoms with Gasteiger partial charge in [0.05, 0.1) is 0 Å². The molecule has 1 aliphatic rings. The molecule has 19 heavy (non-hydrogen) atoms. The van der Waals surface area contributed by atoms with E-state index in [0.29, 0.717) is 16.8 Å². The van der Waals surface area contributed by atoms with Crippen molar-refractivity contribution in [2.75, 3.05) is 12.0 Å². The van der Waals surface area contributed by atoms with Gasteiger partial charge in [-0.05, 0) is 37.7 Å². The fourth-order valence-corrected chi connectivity index (χ4v) is 3.15. The van der Waals surface area contributed by atoms with Crippen LogP contribution in [0.15, 0.2) is 18.2 Å².